The Balaban J connectivity index is 0.000000185. The van der Waals surface area contributed by atoms with Gasteiger partial charge in [0.1, 0.15) is 23.3 Å². The number of carbonyl (C=O) groups is 1. The molecule has 8 rings (SSSR count). The molecule has 4 aliphatic rings. The van der Waals surface area contributed by atoms with E-state index in [9.17, 15) is 32.6 Å². The Morgan fingerprint density at radius 2 is 1.13 bits per heavy atom. The molecule has 7 N–H and O–H groups in total. The summed E-state index contributed by atoms with van der Waals surface area (Å²) >= 11 is 0. The molecule has 0 aromatic heterocycles. The predicted octanol–water partition coefficient (Wildman–Crippen LogP) is 6.83. The lowest BCUT2D eigenvalue weighted by atomic mass is 9.97. The van der Waals surface area contributed by atoms with Gasteiger partial charge in [-0.15, -0.1) is 0 Å². The molecule has 328 valence electrons. The van der Waals surface area contributed by atoms with Crippen LogP contribution in [0.3, 0.4) is 0 Å². The minimum absolute atomic E-state index is 0.124. The first-order valence-corrected chi connectivity index (χ1v) is 21.5. The molecule has 2 heterocycles. The van der Waals surface area contributed by atoms with Gasteiger partial charge in [-0.3, -0.25) is 4.79 Å². The molecule has 6 atom stereocenters. The molecule has 1 amide bonds. The number of aliphatic hydroxyl groups excluding tert-OH is 2. The molecular weight excluding hydrogens is 789 g/mol. The first-order valence-electron chi connectivity index (χ1n) is 21.5. The fraction of sp³-hybridized carbons (Fsp3) is 0.479. The Morgan fingerprint density at radius 3 is 1.54 bits per heavy atom. The van der Waals surface area contributed by atoms with Crippen molar-refractivity contribution in [2.75, 3.05) is 26.3 Å². The maximum atomic E-state index is 13.6. The van der Waals surface area contributed by atoms with E-state index in [4.69, 9.17) is 15.2 Å². The van der Waals surface area contributed by atoms with Gasteiger partial charge in [0.2, 0.25) is 5.91 Å². The third-order valence-corrected chi connectivity index (χ3v) is 12.4. The van der Waals surface area contributed by atoms with Gasteiger partial charge in [0.05, 0.1) is 30.5 Å². The summed E-state index contributed by atoms with van der Waals surface area (Å²) in [4.78, 5) is 11.7. The van der Waals surface area contributed by atoms with E-state index < -0.39 is 47.6 Å². The number of hydrogen-bond acceptors (Lipinski definition) is 8. The molecule has 4 aromatic rings. The number of amides is 1. The minimum atomic E-state index is -0.927. The molecule has 4 aromatic carbocycles. The zero-order valence-corrected chi connectivity index (χ0v) is 34.7. The second-order valence-electron chi connectivity index (χ2n) is 17.2. The lowest BCUT2D eigenvalue weighted by Gasteiger charge is -2.27. The quantitative estimate of drug-likeness (QED) is 0.0637. The Labute approximate surface area is 355 Å². The summed E-state index contributed by atoms with van der Waals surface area (Å²) in [5.74, 6) is -2.95. The summed E-state index contributed by atoms with van der Waals surface area (Å²) in [7, 11) is 0. The summed E-state index contributed by atoms with van der Waals surface area (Å²) in [6.07, 6.45) is 7.06. The van der Waals surface area contributed by atoms with Gasteiger partial charge in [-0.2, -0.15) is 0 Å². The zero-order valence-electron chi connectivity index (χ0n) is 34.7. The number of halogens is 4. The molecule has 0 spiro atoms. The standard InChI is InChI=1S/C25H30F2N2O3.C23H28F2N2O2/c1-16(30)29-22(12-17-10-20(26)14-21(27)11-17)23(31)15-28-25(7-8-25)19-5-2-4-18(13-19)24-6-3-9-32-24;24-18-9-15(10-19(25)13-18)11-20(26)21(28)14-27-23(6-7-23)17-4-1-3-16(12-17)22-5-2-8-29-22/h2,4-5,10-11,13-14,22-24,28,31H,3,6-9,12,15H2,1H3,(H,29,30);1,3-4,9-10,12-13,20-22,27-28H,2,5-8,11,14,26H2. The lowest BCUT2D eigenvalue weighted by Crippen LogP contribution is -2.49. The Kier molecular flexibility index (Phi) is 14.6. The molecule has 4 fully saturated rings. The van der Waals surface area contributed by atoms with Gasteiger partial charge in [0.25, 0.3) is 0 Å². The molecular formula is C48H58F4N4O5. The second kappa shape index (κ2) is 19.9. The maximum Gasteiger partial charge on any atom is 0.217 e. The van der Waals surface area contributed by atoms with E-state index in [0.717, 1.165) is 76.7 Å². The fourth-order valence-corrected chi connectivity index (χ4v) is 8.70. The van der Waals surface area contributed by atoms with Gasteiger partial charge in [0.15, 0.2) is 0 Å². The molecule has 61 heavy (non-hydrogen) atoms. The molecule has 0 bridgehead atoms. The predicted molar refractivity (Wildman–Crippen MR) is 224 cm³/mol. The molecule has 0 radical (unpaired) electrons. The average molecular weight is 847 g/mol. The largest absolute Gasteiger partial charge is 0.390 e. The first-order chi connectivity index (χ1) is 29.3. The number of hydrogen-bond donors (Lipinski definition) is 6. The highest BCUT2D eigenvalue weighted by Gasteiger charge is 2.45. The van der Waals surface area contributed by atoms with E-state index in [0.29, 0.717) is 17.7 Å². The molecule has 2 aliphatic carbocycles. The van der Waals surface area contributed by atoms with E-state index in [1.54, 1.807) is 0 Å². The minimum Gasteiger partial charge on any atom is -0.390 e. The van der Waals surface area contributed by atoms with Crippen molar-refractivity contribution in [1.82, 2.24) is 16.0 Å². The van der Waals surface area contributed by atoms with Gasteiger partial charge in [-0.25, -0.2) is 17.6 Å². The number of rotatable bonds is 17. The van der Waals surface area contributed by atoms with Crippen LogP contribution in [0.4, 0.5) is 17.6 Å². The Morgan fingerprint density at radius 1 is 0.689 bits per heavy atom. The second-order valence-corrected chi connectivity index (χ2v) is 17.2. The topological polar surface area (TPSA) is 138 Å². The summed E-state index contributed by atoms with van der Waals surface area (Å²) < 4.78 is 65.5. The van der Waals surface area contributed by atoms with Crippen molar-refractivity contribution < 1.29 is 42.0 Å². The van der Waals surface area contributed by atoms with Crippen molar-refractivity contribution in [2.24, 2.45) is 5.73 Å². The zero-order chi connectivity index (χ0) is 43.1. The first kappa shape index (κ1) is 44.8. The van der Waals surface area contributed by atoms with Crippen molar-refractivity contribution >= 4 is 5.91 Å². The van der Waals surface area contributed by atoms with Gasteiger partial charge < -0.3 is 41.4 Å². The van der Waals surface area contributed by atoms with Crippen molar-refractivity contribution in [3.05, 3.63) is 142 Å². The smallest absolute Gasteiger partial charge is 0.217 e. The van der Waals surface area contributed by atoms with Gasteiger partial charge >= 0.3 is 0 Å². The molecule has 2 saturated carbocycles. The normalized spacial score (nSPS) is 21.8. The third kappa shape index (κ3) is 12.0. The number of aliphatic hydroxyl groups is 2. The van der Waals surface area contributed by atoms with Crippen LogP contribution in [-0.4, -0.2) is 66.7 Å². The fourth-order valence-electron chi connectivity index (χ4n) is 8.70. The van der Waals surface area contributed by atoms with Crippen LogP contribution in [0.15, 0.2) is 84.9 Å². The summed E-state index contributed by atoms with van der Waals surface area (Å²) in [5, 5.41) is 31.0. The highest BCUT2D eigenvalue weighted by molar-refractivity contribution is 5.73. The number of benzene rings is 4. The van der Waals surface area contributed by atoms with Crippen molar-refractivity contribution in [3.63, 3.8) is 0 Å². The third-order valence-electron chi connectivity index (χ3n) is 12.4. The van der Waals surface area contributed by atoms with E-state index >= 15 is 0 Å². The van der Waals surface area contributed by atoms with Crippen LogP contribution in [-0.2, 0) is 38.2 Å². The molecule has 9 nitrogen and oxygen atoms in total. The number of nitrogens with one attached hydrogen (secondary N) is 3. The Hall–Kier alpha value is -4.21. The lowest BCUT2D eigenvalue weighted by molar-refractivity contribution is -0.120. The summed E-state index contributed by atoms with van der Waals surface area (Å²) in [5.41, 5.74) is 11.3. The van der Waals surface area contributed by atoms with E-state index in [2.05, 4.69) is 58.4 Å². The number of ether oxygens (including phenoxy) is 2. The molecule has 6 unspecified atom stereocenters. The number of nitrogens with two attached hydrogens (primary N) is 1. The van der Waals surface area contributed by atoms with E-state index in [1.807, 2.05) is 6.07 Å². The van der Waals surface area contributed by atoms with Crippen molar-refractivity contribution in [2.45, 2.75) is 119 Å². The van der Waals surface area contributed by atoms with Crippen LogP contribution in [0.25, 0.3) is 0 Å². The monoisotopic (exact) mass is 846 g/mol. The molecule has 2 saturated heterocycles. The van der Waals surface area contributed by atoms with Crippen LogP contribution in [0.1, 0.15) is 104 Å². The van der Waals surface area contributed by atoms with Gasteiger partial charge in [0, 0.05) is 62.5 Å². The van der Waals surface area contributed by atoms with E-state index in [1.165, 1.54) is 53.4 Å². The van der Waals surface area contributed by atoms with Crippen LogP contribution < -0.4 is 21.7 Å². The van der Waals surface area contributed by atoms with Crippen LogP contribution in [0, 0.1) is 23.3 Å². The van der Waals surface area contributed by atoms with Gasteiger partial charge in [-0.1, -0.05) is 48.5 Å². The van der Waals surface area contributed by atoms with Crippen LogP contribution in [0.2, 0.25) is 0 Å². The average Bonchev–Trinajstić information content (AvgIpc) is 4.04. The van der Waals surface area contributed by atoms with Crippen molar-refractivity contribution in [1.29, 1.82) is 0 Å². The highest BCUT2D eigenvalue weighted by atomic mass is 19.1. The highest BCUT2D eigenvalue weighted by Crippen LogP contribution is 2.47. The maximum absolute atomic E-state index is 13.6. The molecule has 2 aliphatic heterocycles. The summed E-state index contributed by atoms with van der Waals surface area (Å²) in [6, 6.07) is 22.2. The Bertz CT molecular complexity index is 2060. The number of carbonyl (C=O) groups excluding carboxylic acids is 1. The van der Waals surface area contributed by atoms with E-state index in [-0.39, 0.29) is 48.6 Å². The van der Waals surface area contributed by atoms with Crippen molar-refractivity contribution in [3.8, 4) is 0 Å². The van der Waals surface area contributed by atoms with Crippen LogP contribution in [0.5, 0.6) is 0 Å². The molecule has 13 heteroatoms. The van der Waals surface area contributed by atoms with Gasteiger partial charge in [-0.05, 0) is 122 Å². The SMILES string of the molecule is CC(=O)NC(Cc1cc(F)cc(F)c1)C(O)CNC1(c2cccc(C3CCCO3)c2)CC1.NC(Cc1cc(F)cc(F)c1)C(O)CNC1(c2cccc(C3CCCO3)c2)CC1. The summed E-state index contributed by atoms with van der Waals surface area (Å²) in [6.45, 7) is 3.54. The van der Waals surface area contributed by atoms with Crippen LogP contribution >= 0.6 is 0 Å².